The highest BCUT2D eigenvalue weighted by Gasteiger charge is 2.33. The van der Waals surface area contributed by atoms with Gasteiger partial charge in [0.05, 0.1) is 0 Å². The van der Waals surface area contributed by atoms with Gasteiger partial charge in [0.15, 0.2) is 0 Å². The number of rotatable bonds is 5. The molecule has 1 aromatic rings. The zero-order chi connectivity index (χ0) is 14.6. The molecule has 0 radical (unpaired) electrons. The molecular weight excluding hydrogens is 268 g/mol. The number of likely N-dealkylation sites (tertiary alicyclic amines) is 1. The van der Waals surface area contributed by atoms with E-state index in [2.05, 4.69) is 30.9 Å². The number of hydrogen-bond donors (Lipinski definition) is 1. The highest BCUT2D eigenvalue weighted by molar-refractivity contribution is 6.30. The maximum Gasteiger partial charge on any atom is 0.0470 e. The van der Waals surface area contributed by atoms with Crippen molar-refractivity contribution in [3.05, 3.63) is 34.9 Å². The van der Waals surface area contributed by atoms with Crippen LogP contribution >= 0.6 is 11.6 Å². The second-order valence-electron chi connectivity index (χ2n) is 6.05. The molecule has 1 unspecified atom stereocenters. The summed E-state index contributed by atoms with van der Waals surface area (Å²) in [5, 5.41) is 0.791. The lowest BCUT2D eigenvalue weighted by Gasteiger charge is -2.44. The minimum atomic E-state index is 0.332. The summed E-state index contributed by atoms with van der Waals surface area (Å²) < 4.78 is 0. The van der Waals surface area contributed by atoms with E-state index in [9.17, 15) is 0 Å². The van der Waals surface area contributed by atoms with Crippen LogP contribution in [0.2, 0.25) is 5.02 Å². The third-order valence-corrected chi connectivity index (χ3v) is 5.53. The smallest absolute Gasteiger partial charge is 0.0470 e. The van der Waals surface area contributed by atoms with Crippen LogP contribution in [0, 0.1) is 5.41 Å². The van der Waals surface area contributed by atoms with Gasteiger partial charge in [0.1, 0.15) is 0 Å². The quantitative estimate of drug-likeness (QED) is 0.880. The van der Waals surface area contributed by atoms with Gasteiger partial charge in [-0.3, -0.25) is 4.90 Å². The van der Waals surface area contributed by atoms with Gasteiger partial charge in [-0.05, 0) is 49.0 Å². The predicted octanol–water partition coefficient (Wildman–Crippen LogP) is 4.24. The first-order chi connectivity index (χ1) is 9.64. The topological polar surface area (TPSA) is 29.3 Å². The number of benzene rings is 1. The van der Waals surface area contributed by atoms with Crippen molar-refractivity contribution in [1.29, 1.82) is 0 Å². The van der Waals surface area contributed by atoms with Crippen LogP contribution in [0.3, 0.4) is 0 Å². The second kappa shape index (κ2) is 6.93. The van der Waals surface area contributed by atoms with E-state index in [1.165, 1.54) is 31.2 Å². The molecule has 0 aromatic heterocycles. The zero-order valence-corrected chi connectivity index (χ0v) is 13.5. The van der Waals surface area contributed by atoms with Crippen LogP contribution in [-0.2, 0) is 0 Å². The summed E-state index contributed by atoms with van der Waals surface area (Å²) in [5.41, 5.74) is 7.89. The minimum Gasteiger partial charge on any atom is -0.329 e. The minimum absolute atomic E-state index is 0.332. The molecule has 0 aliphatic carbocycles. The molecule has 3 heteroatoms. The fourth-order valence-corrected chi connectivity index (χ4v) is 3.57. The molecule has 0 bridgehead atoms. The third-order valence-electron chi connectivity index (χ3n) is 5.28. The van der Waals surface area contributed by atoms with Crippen LogP contribution < -0.4 is 5.73 Å². The van der Waals surface area contributed by atoms with Crippen molar-refractivity contribution in [2.45, 2.75) is 45.6 Å². The first-order valence-electron chi connectivity index (χ1n) is 7.83. The summed E-state index contributed by atoms with van der Waals surface area (Å²) in [5.74, 6) is 0. The van der Waals surface area contributed by atoms with E-state index in [4.69, 9.17) is 17.3 Å². The van der Waals surface area contributed by atoms with Gasteiger partial charge in [0.25, 0.3) is 0 Å². The summed E-state index contributed by atoms with van der Waals surface area (Å²) in [4.78, 5) is 2.55. The summed E-state index contributed by atoms with van der Waals surface area (Å²) >= 11 is 5.98. The van der Waals surface area contributed by atoms with Gasteiger partial charge in [0.2, 0.25) is 0 Å². The molecule has 2 nitrogen and oxygen atoms in total. The molecule has 2 rings (SSSR count). The Morgan fingerprint density at radius 3 is 2.15 bits per heavy atom. The van der Waals surface area contributed by atoms with Crippen LogP contribution in [0.15, 0.2) is 24.3 Å². The van der Waals surface area contributed by atoms with E-state index in [0.29, 0.717) is 18.0 Å². The van der Waals surface area contributed by atoms with Crippen molar-refractivity contribution in [3.63, 3.8) is 0 Å². The van der Waals surface area contributed by atoms with E-state index >= 15 is 0 Å². The van der Waals surface area contributed by atoms with Crippen LogP contribution in [0.4, 0.5) is 0 Å². The van der Waals surface area contributed by atoms with E-state index in [-0.39, 0.29) is 0 Å². The molecule has 1 saturated heterocycles. The molecule has 1 atom stereocenters. The van der Waals surface area contributed by atoms with Crippen LogP contribution in [0.5, 0.6) is 0 Å². The highest BCUT2D eigenvalue weighted by Crippen LogP contribution is 2.39. The Morgan fingerprint density at radius 2 is 1.70 bits per heavy atom. The average Bonchev–Trinajstić information content (AvgIpc) is 2.51. The van der Waals surface area contributed by atoms with Crippen molar-refractivity contribution in [2.75, 3.05) is 19.6 Å². The zero-order valence-electron chi connectivity index (χ0n) is 12.7. The van der Waals surface area contributed by atoms with Crippen LogP contribution in [-0.4, -0.2) is 24.5 Å². The first-order valence-corrected chi connectivity index (χ1v) is 8.21. The molecule has 1 aliphatic heterocycles. The normalized spacial score (nSPS) is 20.8. The Bertz CT molecular complexity index is 402. The standard InChI is InChI=1S/C17H27ClN2/c1-3-17(4-2)9-11-20(12-10-17)16(13-19)14-5-7-15(18)8-6-14/h5-8,16H,3-4,9-13,19H2,1-2H3. The Morgan fingerprint density at radius 1 is 1.15 bits per heavy atom. The van der Waals surface area contributed by atoms with Crippen molar-refractivity contribution in [3.8, 4) is 0 Å². The number of nitrogens with two attached hydrogens (primary N) is 1. The second-order valence-corrected chi connectivity index (χ2v) is 6.48. The van der Waals surface area contributed by atoms with E-state index in [0.717, 1.165) is 18.1 Å². The maximum absolute atomic E-state index is 6.03. The fraction of sp³-hybridized carbons (Fsp3) is 0.647. The summed E-state index contributed by atoms with van der Waals surface area (Å²) in [6, 6.07) is 8.49. The lowest BCUT2D eigenvalue weighted by molar-refractivity contribution is 0.0680. The number of nitrogens with zero attached hydrogens (tertiary/aromatic N) is 1. The van der Waals surface area contributed by atoms with Gasteiger partial charge in [-0.25, -0.2) is 0 Å². The lowest BCUT2D eigenvalue weighted by Crippen LogP contribution is -2.43. The molecule has 1 heterocycles. The Kier molecular flexibility index (Phi) is 5.48. The maximum atomic E-state index is 6.03. The Labute approximate surface area is 128 Å². The van der Waals surface area contributed by atoms with Gasteiger partial charge >= 0.3 is 0 Å². The molecule has 20 heavy (non-hydrogen) atoms. The molecular formula is C17H27ClN2. The third kappa shape index (κ3) is 3.36. The van der Waals surface area contributed by atoms with E-state index < -0.39 is 0 Å². The number of hydrogen-bond acceptors (Lipinski definition) is 2. The monoisotopic (exact) mass is 294 g/mol. The fourth-order valence-electron chi connectivity index (χ4n) is 3.45. The van der Waals surface area contributed by atoms with Crippen molar-refractivity contribution in [2.24, 2.45) is 11.1 Å². The van der Waals surface area contributed by atoms with E-state index in [1.54, 1.807) is 0 Å². The average molecular weight is 295 g/mol. The molecule has 0 spiro atoms. The van der Waals surface area contributed by atoms with Crippen molar-refractivity contribution >= 4 is 11.6 Å². The molecule has 112 valence electrons. The van der Waals surface area contributed by atoms with Crippen molar-refractivity contribution in [1.82, 2.24) is 4.90 Å². The van der Waals surface area contributed by atoms with Crippen LogP contribution in [0.1, 0.15) is 51.1 Å². The van der Waals surface area contributed by atoms with Gasteiger partial charge < -0.3 is 5.73 Å². The summed E-state index contributed by atoms with van der Waals surface area (Å²) in [6.07, 6.45) is 5.19. The Hall–Kier alpha value is -0.570. The molecule has 1 fully saturated rings. The van der Waals surface area contributed by atoms with Crippen LogP contribution in [0.25, 0.3) is 0 Å². The van der Waals surface area contributed by atoms with Gasteiger partial charge in [0, 0.05) is 17.6 Å². The van der Waals surface area contributed by atoms with E-state index in [1.807, 2.05) is 12.1 Å². The van der Waals surface area contributed by atoms with Crippen molar-refractivity contribution < 1.29 is 0 Å². The number of piperidine rings is 1. The molecule has 0 amide bonds. The van der Waals surface area contributed by atoms with Gasteiger partial charge in [-0.1, -0.05) is 50.4 Å². The molecule has 2 N–H and O–H groups in total. The Balaban J connectivity index is 2.05. The van der Waals surface area contributed by atoms with Gasteiger partial charge in [-0.2, -0.15) is 0 Å². The first kappa shape index (κ1) is 15.8. The summed E-state index contributed by atoms with van der Waals surface area (Å²) in [7, 11) is 0. The molecule has 1 aromatic carbocycles. The molecule has 0 saturated carbocycles. The summed E-state index contributed by atoms with van der Waals surface area (Å²) in [6.45, 7) is 7.66. The predicted molar refractivity (Wildman–Crippen MR) is 87.1 cm³/mol. The highest BCUT2D eigenvalue weighted by atomic mass is 35.5. The lowest BCUT2D eigenvalue weighted by atomic mass is 9.74. The molecule has 1 aliphatic rings. The largest absolute Gasteiger partial charge is 0.329 e. The SMILES string of the molecule is CCC1(CC)CCN(C(CN)c2ccc(Cl)cc2)CC1. The number of halogens is 1. The van der Waals surface area contributed by atoms with Gasteiger partial charge in [-0.15, -0.1) is 0 Å².